The number of benzene rings is 1. The highest BCUT2D eigenvalue weighted by atomic mass is 19.4. The molecule has 6 heteroatoms. The van der Waals surface area contributed by atoms with Crippen LogP contribution in [0.3, 0.4) is 0 Å². The Kier molecular flexibility index (Phi) is 4.57. The van der Waals surface area contributed by atoms with Crippen LogP contribution in [0.2, 0.25) is 0 Å². The molecule has 1 aromatic carbocycles. The van der Waals surface area contributed by atoms with E-state index in [2.05, 4.69) is 10.3 Å². The average molecular weight is 294 g/mol. The van der Waals surface area contributed by atoms with E-state index in [-0.39, 0.29) is 5.56 Å². The van der Waals surface area contributed by atoms with Crippen LogP contribution in [0, 0.1) is 0 Å². The first kappa shape index (κ1) is 15.0. The fraction of sp³-hybridized carbons (Fsp3) is 0.200. The van der Waals surface area contributed by atoms with Crippen molar-refractivity contribution in [3.63, 3.8) is 0 Å². The monoisotopic (exact) mass is 294 g/mol. The summed E-state index contributed by atoms with van der Waals surface area (Å²) in [5, 5.41) is 2.58. The molecule has 0 bridgehead atoms. The van der Waals surface area contributed by atoms with Crippen molar-refractivity contribution in [2.45, 2.75) is 12.6 Å². The third-order valence-corrected chi connectivity index (χ3v) is 2.84. The molecular weight excluding hydrogens is 281 g/mol. The lowest BCUT2D eigenvalue weighted by molar-refractivity contribution is -0.137. The summed E-state index contributed by atoms with van der Waals surface area (Å²) in [6, 6.07) is 9.78. The van der Waals surface area contributed by atoms with Crippen molar-refractivity contribution < 1.29 is 18.0 Å². The Balaban J connectivity index is 1.95. The summed E-state index contributed by atoms with van der Waals surface area (Å²) in [6.07, 6.45) is -2.29. The second-order valence-electron chi connectivity index (χ2n) is 4.41. The van der Waals surface area contributed by atoms with E-state index < -0.39 is 17.6 Å². The number of amides is 1. The van der Waals surface area contributed by atoms with E-state index in [1.54, 1.807) is 12.3 Å². The number of halogens is 3. The summed E-state index contributed by atoms with van der Waals surface area (Å²) in [5.41, 5.74) is -0.0347. The molecule has 1 N–H and O–H groups in total. The van der Waals surface area contributed by atoms with Gasteiger partial charge in [-0.15, -0.1) is 0 Å². The number of aromatic nitrogens is 1. The number of pyridine rings is 1. The number of nitrogens with one attached hydrogen (secondary N) is 1. The van der Waals surface area contributed by atoms with Crippen LogP contribution in [0.1, 0.15) is 21.6 Å². The Morgan fingerprint density at radius 3 is 2.62 bits per heavy atom. The normalized spacial score (nSPS) is 11.2. The van der Waals surface area contributed by atoms with Gasteiger partial charge in [0.2, 0.25) is 0 Å². The van der Waals surface area contributed by atoms with E-state index >= 15 is 0 Å². The second kappa shape index (κ2) is 6.39. The Labute approximate surface area is 119 Å². The van der Waals surface area contributed by atoms with Gasteiger partial charge in [-0.2, -0.15) is 13.2 Å². The lowest BCUT2D eigenvalue weighted by Crippen LogP contribution is -2.26. The van der Waals surface area contributed by atoms with Gasteiger partial charge in [0, 0.05) is 30.4 Å². The summed E-state index contributed by atoms with van der Waals surface area (Å²) in [5.74, 6) is -0.531. The fourth-order valence-corrected chi connectivity index (χ4v) is 1.79. The van der Waals surface area contributed by atoms with E-state index in [9.17, 15) is 18.0 Å². The minimum Gasteiger partial charge on any atom is -0.352 e. The Bertz CT molecular complexity index is 612. The van der Waals surface area contributed by atoms with Crippen molar-refractivity contribution in [3.8, 4) is 0 Å². The summed E-state index contributed by atoms with van der Waals surface area (Å²) in [6.45, 7) is 0.312. The quantitative estimate of drug-likeness (QED) is 0.941. The topological polar surface area (TPSA) is 42.0 Å². The standard InChI is InChI=1S/C15H13F3N2O/c16-15(17,18)12-5-3-4-11(10-12)14(21)20-9-7-13-6-1-2-8-19-13/h1-6,8,10H,7,9H2,(H,20,21). The molecule has 1 amide bonds. The molecule has 110 valence electrons. The number of hydrogen-bond donors (Lipinski definition) is 1. The first-order valence-electron chi connectivity index (χ1n) is 6.32. The third kappa shape index (κ3) is 4.30. The SMILES string of the molecule is O=C(NCCc1ccccn1)c1cccc(C(F)(F)F)c1. The molecule has 0 saturated heterocycles. The van der Waals surface area contributed by atoms with Crippen molar-refractivity contribution in [1.82, 2.24) is 10.3 Å². The molecule has 3 nitrogen and oxygen atoms in total. The molecule has 0 fully saturated rings. The lowest BCUT2D eigenvalue weighted by Gasteiger charge is -2.09. The number of hydrogen-bond acceptors (Lipinski definition) is 2. The Morgan fingerprint density at radius 2 is 1.95 bits per heavy atom. The molecule has 0 atom stereocenters. The molecule has 21 heavy (non-hydrogen) atoms. The number of nitrogens with zero attached hydrogens (tertiary/aromatic N) is 1. The molecule has 1 aromatic heterocycles. The van der Waals surface area contributed by atoms with E-state index in [0.717, 1.165) is 17.8 Å². The molecular formula is C15H13F3N2O. The van der Waals surface area contributed by atoms with Gasteiger partial charge in [0.05, 0.1) is 5.56 Å². The van der Waals surface area contributed by atoms with E-state index in [0.29, 0.717) is 13.0 Å². The molecule has 0 aliphatic carbocycles. The van der Waals surface area contributed by atoms with Crippen LogP contribution in [0.5, 0.6) is 0 Å². The van der Waals surface area contributed by atoms with Gasteiger partial charge in [-0.25, -0.2) is 0 Å². The maximum absolute atomic E-state index is 12.6. The fourth-order valence-electron chi connectivity index (χ4n) is 1.79. The van der Waals surface area contributed by atoms with Gasteiger partial charge in [-0.05, 0) is 30.3 Å². The zero-order valence-corrected chi connectivity index (χ0v) is 11.0. The maximum atomic E-state index is 12.6. The molecule has 2 rings (SSSR count). The van der Waals surface area contributed by atoms with E-state index in [4.69, 9.17) is 0 Å². The summed E-state index contributed by atoms with van der Waals surface area (Å²) in [4.78, 5) is 15.9. The lowest BCUT2D eigenvalue weighted by atomic mass is 10.1. The van der Waals surface area contributed by atoms with Crippen molar-refractivity contribution in [3.05, 3.63) is 65.5 Å². The minimum absolute atomic E-state index is 0.00848. The summed E-state index contributed by atoms with van der Waals surface area (Å²) >= 11 is 0. The highest BCUT2D eigenvalue weighted by Crippen LogP contribution is 2.29. The molecule has 0 spiro atoms. The van der Waals surface area contributed by atoms with Gasteiger partial charge >= 0.3 is 6.18 Å². The molecule has 0 aliphatic heterocycles. The van der Waals surface area contributed by atoms with Crippen molar-refractivity contribution in [2.24, 2.45) is 0 Å². The van der Waals surface area contributed by atoms with Crippen LogP contribution in [-0.4, -0.2) is 17.4 Å². The van der Waals surface area contributed by atoms with Crippen LogP contribution in [0.15, 0.2) is 48.7 Å². The van der Waals surface area contributed by atoms with Gasteiger partial charge in [0.25, 0.3) is 5.91 Å². The van der Waals surface area contributed by atoms with E-state index in [1.807, 2.05) is 12.1 Å². The zero-order chi connectivity index (χ0) is 15.3. The first-order valence-corrected chi connectivity index (χ1v) is 6.32. The van der Waals surface area contributed by atoms with Crippen LogP contribution < -0.4 is 5.32 Å². The zero-order valence-electron chi connectivity index (χ0n) is 11.0. The summed E-state index contributed by atoms with van der Waals surface area (Å²) < 4.78 is 37.7. The van der Waals surface area contributed by atoms with Crippen molar-refractivity contribution in [2.75, 3.05) is 6.54 Å². The van der Waals surface area contributed by atoms with Gasteiger partial charge in [-0.1, -0.05) is 12.1 Å². The van der Waals surface area contributed by atoms with Crippen LogP contribution in [0.4, 0.5) is 13.2 Å². The van der Waals surface area contributed by atoms with Gasteiger partial charge in [0.15, 0.2) is 0 Å². The van der Waals surface area contributed by atoms with Gasteiger partial charge < -0.3 is 5.32 Å². The molecule has 1 heterocycles. The van der Waals surface area contributed by atoms with Gasteiger partial charge in [0.1, 0.15) is 0 Å². The van der Waals surface area contributed by atoms with Crippen molar-refractivity contribution in [1.29, 1.82) is 0 Å². The molecule has 0 unspecified atom stereocenters. The summed E-state index contributed by atoms with van der Waals surface area (Å²) in [7, 11) is 0. The Hall–Kier alpha value is -2.37. The number of carbonyl (C=O) groups is 1. The molecule has 0 aliphatic rings. The van der Waals surface area contributed by atoms with Crippen LogP contribution in [0.25, 0.3) is 0 Å². The Morgan fingerprint density at radius 1 is 1.14 bits per heavy atom. The smallest absolute Gasteiger partial charge is 0.352 e. The minimum atomic E-state index is -4.45. The molecule has 2 aromatic rings. The van der Waals surface area contributed by atoms with Gasteiger partial charge in [-0.3, -0.25) is 9.78 Å². The average Bonchev–Trinajstić information content (AvgIpc) is 2.47. The number of alkyl halides is 3. The molecule has 0 radical (unpaired) electrons. The third-order valence-electron chi connectivity index (χ3n) is 2.84. The highest BCUT2D eigenvalue weighted by molar-refractivity contribution is 5.94. The number of rotatable bonds is 4. The van der Waals surface area contributed by atoms with E-state index in [1.165, 1.54) is 12.1 Å². The predicted octanol–water partition coefficient (Wildman–Crippen LogP) is 3.07. The maximum Gasteiger partial charge on any atom is 0.416 e. The predicted molar refractivity (Wildman–Crippen MR) is 71.7 cm³/mol. The van der Waals surface area contributed by atoms with Crippen molar-refractivity contribution >= 4 is 5.91 Å². The largest absolute Gasteiger partial charge is 0.416 e. The van der Waals surface area contributed by atoms with Crippen LogP contribution in [-0.2, 0) is 12.6 Å². The molecule has 0 saturated carbocycles. The highest BCUT2D eigenvalue weighted by Gasteiger charge is 2.30. The number of carbonyl (C=O) groups excluding carboxylic acids is 1. The second-order valence-corrected chi connectivity index (χ2v) is 4.41. The first-order chi connectivity index (χ1) is 9.97. The van der Waals surface area contributed by atoms with Crippen LogP contribution >= 0.6 is 0 Å².